The Kier molecular flexibility index (Phi) is 5.48. The largest absolute Gasteiger partial charge is 0.418 e. The minimum atomic E-state index is -4.64. The fourth-order valence-corrected chi connectivity index (χ4v) is 4.08. The van der Waals surface area contributed by atoms with Crippen LogP contribution < -0.4 is 5.56 Å². The Morgan fingerprint density at radius 3 is 2.68 bits per heavy atom. The molecule has 0 fully saturated rings. The van der Waals surface area contributed by atoms with Crippen molar-refractivity contribution < 1.29 is 13.2 Å². The predicted molar refractivity (Wildman–Crippen MR) is 110 cm³/mol. The molecule has 0 radical (unpaired) electrons. The van der Waals surface area contributed by atoms with E-state index in [2.05, 4.69) is 20.5 Å². The molecule has 0 bridgehead atoms. The maximum absolute atomic E-state index is 13.5. The van der Waals surface area contributed by atoms with Gasteiger partial charge in [0.1, 0.15) is 0 Å². The van der Waals surface area contributed by atoms with Gasteiger partial charge >= 0.3 is 6.18 Å². The normalized spacial score (nSPS) is 11.9. The van der Waals surface area contributed by atoms with Crippen molar-refractivity contribution in [3.05, 3.63) is 68.7 Å². The number of benzene rings is 2. The number of nitrogens with zero attached hydrogens (tertiary/aromatic N) is 6. The van der Waals surface area contributed by atoms with Gasteiger partial charge in [-0.05, 0) is 47.7 Å². The maximum atomic E-state index is 13.5. The van der Waals surface area contributed by atoms with Crippen molar-refractivity contribution in [3.8, 4) is 5.69 Å². The summed E-state index contributed by atoms with van der Waals surface area (Å²) in [6.45, 7) is 1.88. The SMILES string of the molecule is Cc1ccc2nc(SCc3nnnn3-c3ccc(Cl)cc3C(F)(F)F)n(C)c(=O)c2c1. The van der Waals surface area contributed by atoms with Crippen LogP contribution in [0.25, 0.3) is 16.6 Å². The Bertz CT molecular complexity index is 1350. The van der Waals surface area contributed by atoms with E-state index in [0.717, 1.165) is 28.1 Å². The summed E-state index contributed by atoms with van der Waals surface area (Å²) in [5, 5.41) is 11.9. The zero-order chi connectivity index (χ0) is 22.3. The average Bonchev–Trinajstić information content (AvgIpc) is 3.18. The van der Waals surface area contributed by atoms with Crippen LogP contribution in [0.1, 0.15) is 17.0 Å². The molecule has 0 aliphatic carbocycles. The van der Waals surface area contributed by atoms with Crippen LogP contribution in [0.4, 0.5) is 13.2 Å². The van der Waals surface area contributed by atoms with E-state index in [4.69, 9.17) is 11.6 Å². The van der Waals surface area contributed by atoms with E-state index in [-0.39, 0.29) is 27.8 Å². The first-order chi connectivity index (χ1) is 14.6. The van der Waals surface area contributed by atoms with Gasteiger partial charge in [-0.25, -0.2) is 4.98 Å². The van der Waals surface area contributed by atoms with Crippen molar-refractivity contribution >= 4 is 34.3 Å². The third kappa shape index (κ3) is 4.15. The molecule has 0 saturated carbocycles. The topological polar surface area (TPSA) is 78.5 Å². The van der Waals surface area contributed by atoms with Gasteiger partial charge in [0.2, 0.25) is 0 Å². The van der Waals surface area contributed by atoms with E-state index >= 15 is 0 Å². The Labute approximate surface area is 182 Å². The second-order valence-electron chi connectivity index (χ2n) is 6.73. The smallest absolute Gasteiger partial charge is 0.290 e. The molecule has 0 N–H and O–H groups in total. The second-order valence-corrected chi connectivity index (χ2v) is 8.11. The Morgan fingerprint density at radius 2 is 1.94 bits per heavy atom. The molecular formula is C19H14ClF3N6OS. The molecule has 7 nitrogen and oxygen atoms in total. The van der Waals surface area contributed by atoms with Crippen molar-refractivity contribution in [2.24, 2.45) is 7.05 Å². The van der Waals surface area contributed by atoms with Crippen LogP contribution in [-0.4, -0.2) is 29.8 Å². The van der Waals surface area contributed by atoms with Crippen molar-refractivity contribution in [3.63, 3.8) is 0 Å². The molecule has 0 spiro atoms. The molecule has 2 aromatic carbocycles. The third-order valence-electron chi connectivity index (χ3n) is 4.55. The minimum Gasteiger partial charge on any atom is -0.290 e. The standard InChI is InChI=1S/C19H14ClF3N6OS/c1-10-3-5-14-12(7-10)17(30)28(2)18(24-14)31-9-16-25-26-27-29(16)15-6-4-11(20)8-13(15)19(21,22)23/h3-8H,9H2,1-2H3. The lowest BCUT2D eigenvalue weighted by atomic mass is 10.1. The van der Waals surface area contributed by atoms with E-state index in [0.29, 0.717) is 16.1 Å². The van der Waals surface area contributed by atoms with Crippen LogP contribution in [0.2, 0.25) is 5.02 Å². The van der Waals surface area contributed by atoms with Gasteiger partial charge in [0, 0.05) is 12.1 Å². The molecule has 160 valence electrons. The number of tetrazole rings is 1. The summed E-state index contributed by atoms with van der Waals surface area (Å²) in [5.41, 5.74) is 0.0635. The van der Waals surface area contributed by atoms with Gasteiger partial charge < -0.3 is 0 Å². The first kappa shape index (κ1) is 21.3. The maximum Gasteiger partial charge on any atom is 0.418 e. The summed E-state index contributed by atoms with van der Waals surface area (Å²) in [6, 6.07) is 8.74. The first-order valence-corrected chi connectivity index (χ1v) is 10.3. The lowest BCUT2D eigenvalue weighted by molar-refractivity contribution is -0.137. The number of aryl methyl sites for hydroxylation is 1. The molecule has 31 heavy (non-hydrogen) atoms. The number of rotatable bonds is 4. The fraction of sp³-hybridized carbons (Fsp3) is 0.211. The summed E-state index contributed by atoms with van der Waals surface area (Å²) >= 11 is 6.89. The molecule has 4 rings (SSSR count). The van der Waals surface area contributed by atoms with Crippen LogP contribution in [0.3, 0.4) is 0 Å². The molecule has 0 aliphatic heterocycles. The van der Waals surface area contributed by atoms with E-state index in [1.165, 1.54) is 16.7 Å². The van der Waals surface area contributed by atoms with Gasteiger partial charge in [0.15, 0.2) is 11.0 Å². The summed E-state index contributed by atoms with van der Waals surface area (Å²) in [7, 11) is 1.59. The molecule has 2 aromatic heterocycles. The molecule has 2 heterocycles. The molecular weight excluding hydrogens is 453 g/mol. The molecule has 0 atom stereocenters. The number of alkyl halides is 3. The highest BCUT2D eigenvalue weighted by molar-refractivity contribution is 7.98. The van der Waals surface area contributed by atoms with Gasteiger partial charge in [-0.2, -0.15) is 17.9 Å². The van der Waals surface area contributed by atoms with Crippen molar-refractivity contribution in [2.75, 3.05) is 0 Å². The molecule has 12 heteroatoms. The number of hydrogen-bond acceptors (Lipinski definition) is 6. The Morgan fingerprint density at radius 1 is 1.16 bits per heavy atom. The van der Waals surface area contributed by atoms with Crippen molar-refractivity contribution in [1.82, 2.24) is 29.8 Å². The molecule has 0 unspecified atom stereocenters. The number of fused-ring (bicyclic) bond motifs is 1. The van der Waals surface area contributed by atoms with E-state index < -0.39 is 11.7 Å². The summed E-state index contributed by atoms with van der Waals surface area (Å²) < 4.78 is 42.9. The van der Waals surface area contributed by atoms with E-state index in [1.54, 1.807) is 19.2 Å². The fourth-order valence-electron chi connectivity index (χ4n) is 3.03. The predicted octanol–water partition coefficient (Wildman–Crippen LogP) is 4.18. The average molecular weight is 467 g/mol. The summed E-state index contributed by atoms with van der Waals surface area (Å²) in [4.78, 5) is 17.2. The highest BCUT2D eigenvalue weighted by Crippen LogP contribution is 2.36. The van der Waals surface area contributed by atoms with E-state index in [9.17, 15) is 18.0 Å². The Balaban J connectivity index is 1.69. The van der Waals surface area contributed by atoms with Gasteiger partial charge in [0.25, 0.3) is 5.56 Å². The van der Waals surface area contributed by atoms with Crippen molar-refractivity contribution in [1.29, 1.82) is 0 Å². The zero-order valence-electron chi connectivity index (χ0n) is 16.2. The first-order valence-electron chi connectivity index (χ1n) is 8.89. The molecule has 4 aromatic rings. The molecule has 0 amide bonds. The molecule has 0 aliphatic rings. The van der Waals surface area contributed by atoms with Gasteiger partial charge in [-0.15, -0.1) is 5.10 Å². The number of thioether (sulfide) groups is 1. The number of hydrogen-bond donors (Lipinski definition) is 0. The van der Waals surface area contributed by atoms with Crippen LogP contribution in [0.15, 0.2) is 46.3 Å². The van der Waals surface area contributed by atoms with Crippen LogP contribution in [0.5, 0.6) is 0 Å². The summed E-state index contributed by atoms with van der Waals surface area (Å²) in [6.07, 6.45) is -4.64. The highest BCUT2D eigenvalue weighted by atomic mass is 35.5. The lowest BCUT2D eigenvalue weighted by Gasteiger charge is -2.14. The summed E-state index contributed by atoms with van der Waals surface area (Å²) in [5.74, 6) is 0.251. The minimum absolute atomic E-state index is 0.0503. The molecule has 0 saturated heterocycles. The quantitative estimate of drug-likeness (QED) is 0.331. The monoisotopic (exact) mass is 466 g/mol. The van der Waals surface area contributed by atoms with Gasteiger partial charge in [-0.1, -0.05) is 35.0 Å². The van der Waals surface area contributed by atoms with Crippen LogP contribution in [0, 0.1) is 6.92 Å². The number of aromatic nitrogens is 6. The Hall–Kier alpha value is -2.92. The van der Waals surface area contributed by atoms with Gasteiger partial charge in [-0.3, -0.25) is 9.36 Å². The van der Waals surface area contributed by atoms with Crippen LogP contribution in [-0.2, 0) is 19.0 Å². The van der Waals surface area contributed by atoms with Crippen molar-refractivity contribution in [2.45, 2.75) is 24.0 Å². The lowest BCUT2D eigenvalue weighted by Crippen LogP contribution is -2.20. The number of halogens is 4. The second kappa shape index (κ2) is 7.97. The third-order valence-corrected chi connectivity index (χ3v) is 5.81. The highest BCUT2D eigenvalue weighted by Gasteiger charge is 2.35. The zero-order valence-corrected chi connectivity index (χ0v) is 17.8. The van der Waals surface area contributed by atoms with E-state index in [1.807, 2.05) is 13.0 Å². The van der Waals surface area contributed by atoms with Crippen LogP contribution >= 0.6 is 23.4 Å². The van der Waals surface area contributed by atoms with Gasteiger partial charge in [0.05, 0.1) is 27.9 Å².